The molecular weight excluding hydrogens is 340 g/mol. The first kappa shape index (κ1) is 13.0. The van der Waals surface area contributed by atoms with Crippen molar-refractivity contribution in [3.05, 3.63) is 31.4 Å². The second kappa shape index (κ2) is 4.20. The molecule has 0 saturated carbocycles. The highest BCUT2D eigenvalue weighted by Gasteiger charge is 2.22. The Balaban J connectivity index is 2.16. The monoisotopic (exact) mass is 350 g/mol. The van der Waals surface area contributed by atoms with E-state index >= 15 is 0 Å². The van der Waals surface area contributed by atoms with E-state index < -0.39 is 0 Å². The molecule has 2 aliphatic heterocycles. The van der Waals surface area contributed by atoms with E-state index in [4.69, 9.17) is 9.97 Å². The summed E-state index contributed by atoms with van der Waals surface area (Å²) >= 11 is 3.40. The SMILES string of the molecule is Cc1nc2c3c(c4c5sc(C)nc5c5c(c4c2s1)=NCN=5)=NCN=3. The number of aryl methyl sites for hydroxylation is 2. The molecule has 0 saturated heterocycles. The lowest BCUT2D eigenvalue weighted by molar-refractivity contribution is 1.06. The van der Waals surface area contributed by atoms with Gasteiger partial charge in [-0.3, -0.25) is 20.0 Å². The van der Waals surface area contributed by atoms with Gasteiger partial charge in [0.25, 0.3) is 0 Å². The predicted molar refractivity (Wildman–Crippen MR) is 94.1 cm³/mol. The van der Waals surface area contributed by atoms with Gasteiger partial charge in [0.05, 0.1) is 30.1 Å². The summed E-state index contributed by atoms with van der Waals surface area (Å²) in [6.45, 7) is 5.01. The Morgan fingerprint density at radius 1 is 0.625 bits per heavy atom. The third kappa shape index (κ3) is 1.41. The summed E-state index contributed by atoms with van der Waals surface area (Å²) in [7, 11) is 0. The molecule has 6 nitrogen and oxygen atoms in total. The molecule has 2 aliphatic rings. The molecule has 0 fully saturated rings. The zero-order valence-electron chi connectivity index (χ0n) is 12.9. The van der Waals surface area contributed by atoms with Crippen LogP contribution in [0.4, 0.5) is 0 Å². The molecule has 4 aromatic rings. The summed E-state index contributed by atoms with van der Waals surface area (Å²) in [6, 6.07) is 0. The first-order valence-electron chi connectivity index (χ1n) is 7.62. The van der Waals surface area contributed by atoms with E-state index in [1.165, 1.54) is 0 Å². The van der Waals surface area contributed by atoms with E-state index in [9.17, 15) is 0 Å². The van der Waals surface area contributed by atoms with Gasteiger partial charge in [0, 0.05) is 10.8 Å². The van der Waals surface area contributed by atoms with Gasteiger partial charge in [0.15, 0.2) is 0 Å². The van der Waals surface area contributed by atoms with Crippen molar-refractivity contribution in [3.8, 4) is 0 Å². The van der Waals surface area contributed by atoms with Crippen LogP contribution in [0.15, 0.2) is 20.0 Å². The molecule has 0 amide bonds. The summed E-state index contributed by atoms with van der Waals surface area (Å²) in [6.07, 6.45) is 0. The maximum absolute atomic E-state index is 4.73. The molecule has 0 radical (unpaired) electrons. The number of hydrogen-bond donors (Lipinski definition) is 0. The highest BCUT2D eigenvalue weighted by molar-refractivity contribution is 7.20. The fraction of sp³-hybridized carbons (Fsp3) is 0.250. The van der Waals surface area contributed by atoms with E-state index in [0.29, 0.717) is 13.3 Å². The fourth-order valence-corrected chi connectivity index (χ4v) is 5.56. The first-order valence-corrected chi connectivity index (χ1v) is 9.25. The highest BCUT2D eigenvalue weighted by atomic mass is 32.1. The Morgan fingerprint density at radius 2 is 1.04 bits per heavy atom. The number of hydrogen-bond acceptors (Lipinski definition) is 8. The van der Waals surface area contributed by atoms with Gasteiger partial charge in [-0.15, -0.1) is 22.7 Å². The van der Waals surface area contributed by atoms with Crippen LogP contribution >= 0.6 is 22.7 Å². The van der Waals surface area contributed by atoms with Crippen molar-refractivity contribution in [1.29, 1.82) is 0 Å². The molecule has 2 aromatic heterocycles. The van der Waals surface area contributed by atoms with Crippen LogP contribution in [0, 0.1) is 13.8 Å². The van der Waals surface area contributed by atoms with Gasteiger partial charge in [-0.1, -0.05) is 0 Å². The maximum Gasteiger partial charge on any atom is 0.131 e. The molecule has 4 heterocycles. The van der Waals surface area contributed by atoms with E-state index in [1.54, 1.807) is 22.7 Å². The maximum atomic E-state index is 4.73. The van der Waals surface area contributed by atoms with Gasteiger partial charge >= 0.3 is 0 Å². The summed E-state index contributed by atoms with van der Waals surface area (Å²) in [5.41, 5.74) is 1.90. The minimum absolute atomic E-state index is 0.470. The molecule has 8 heteroatoms. The Bertz CT molecular complexity index is 1360. The lowest BCUT2D eigenvalue weighted by Gasteiger charge is -2.01. The molecule has 0 unspecified atom stereocenters. The van der Waals surface area contributed by atoms with Crippen molar-refractivity contribution in [3.63, 3.8) is 0 Å². The molecule has 24 heavy (non-hydrogen) atoms. The predicted octanol–water partition coefficient (Wildman–Crippen LogP) is 1.10. The van der Waals surface area contributed by atoms with Gasteiger partial charge in [-0.25, -0.2) is 9.97 Å². The molecule has 0 N–H and O–H groups in total. The second-order valence-corrected chi connectivity index (χ2v) is 8.29. The zero-order valence-corrected chi connectivity index (χ0v) is 14.5. The average molecular weight is 350 g/mol. The number of fused-ring (bicyclic) bond motifs is 11. The Hall–Kier alpha value is -2.32. The van der Waals surface area contributed by atoms with Gasteiger partial charge in [0.1, 0.15) is 35.1 Å². The van der Waals surface area contributed by atoms with E-state index in [1.807, 2.05) is 13.8 Å². The van der Waals surface area contributed by atoms with Gasteiger partial charge in [-0.05, 0) is 13.8 Å². The van der Waals surface area contributed by atoms with Crippen molar-refractivity contribution < 1.29 is 0 Å². The molecule has 0 atom stereocenters. The third-order valence-electron chi connectivity index (χ3n) is 4.46. The lowest BCUT2D eigenvalue weighted by Crippen LogP contribution is -2.30. The van der Waals surface area contributed by atoms with Crippen molar-refractivity contribution in [1.82, 2.24) is 9.97 Å². The number of rotatable bonds is 0. The minimum Gasteiger partial charge on any atom is -0.259 e. The number of benzene rings is 2. The highest BCUT2D eigenvalue weighted by Crippen LogP contribution is 2.30. The summed E-state index contributed by atoms with van der Waals surface area (Å²) in [4.78, 5) is 28.0. The summed E-state index contributed by atoms with van der Waals surface area (Å²) in [5, 5.41) is 8.05. The molecule has 0 aliphatic carbocycles. The van der Waals surface area contributed by atoms with Crippen LogP contribution in [0.1, 0.15) is 10.0 Å². The van der Waals surface area contributed by atoms with Crippen molar-refractivity contribution in [2.24, 2.45) is 20.0 Å². The van der Waals surface area contributed by atoms with Crippen LogP contribution in [0.3, 0.4) is 0 Å². The molecule has 0 spiro atoms. The smallest absolute Gasteiger partial charge is 0.131 e. The van der Waals surface area contributed by atoms with Crippen LogP contribution < -0.4 is 21.4 Å². The topological polar surface area (TPSA) is 75.2 Å². The minimum atomic E-state index is 0.470. The van der Waals surface area contributed by atoms with Gasteiger partial charge < -0.3 is 0 Å². The second-order valence-electron chi connectivity index (χ2n) is 5.88. The van der Waals surface area contributed by atoms with Gasteiger partial charge in [0.2, 0.25) is 0 Å². The molecular formula is C16H10N6S2. The van der Waals surface area contributed by atoms with E-state index in [0.717, 1.165) is 62.6 Å². The molecule has 116 valence electrons. The number of aromatic nitrogens is 2. The standard InChI is InChI=1S/C16H10N6S2/c1-5-21-13-11-10(18-3-19-11)8-7(15(13)23-5)9-12(20-4-17-9)14-16(8)24-6(2)22-14/h3-4H2,1-2H3. The summed E-state index contributed by atoms with van der Waals surface area (Å²) < 4.78 is 2.29. The largest absolute Gasteiger partial charge is 0.259 e. The zero-order chi connectivity index (χ0) is 16.0. The van der Waals surface area contributed by atoms with Crippen LogP contribution in [0.5, 0.6) is 0 Å². The first-order chi connectivity index (χ1) is 11.7. The fourth-order valence-electron chi connectivity index (χ4n) is 3.62. The van der Waals surface area contributed by atoms with Crippen molar-refractivity contribution in [2.45, 2.75) is 13.8 Å². The molecule has 6 rings (SSSR count). The molecule has 0 bridgehead atoms. The number of nitrogens with zero attached hydrogens (tertiary/aromatic N) is 6. The van der Waals surface area contributed by atoms with Crippen LogP contribution in [0.2, 0.25) is 0 Å². The number of thiazole rings is 2. The normalized spacial score (nSPS) is 15.2. The lowest BCUT2D eigenvalue weighted by atomic mass is 10.1. The van der Waals surface area contributed by atoms with E-state index in [2.05, 4.69) is 20.0 Å². The van der Waals surface area contributed by atoms with Crippen LogP contribution in [0.25, 0.3) is 31.2 Å². The van der Waals surface area contributed by atoms with E-state index in [-0.39, 0.29) is 0 Å². The molecule has 2 aromatic carbocycles. The van der Waals surface area contributed by atoms with Crippen LogP contribution in [-0.4, -0.2) is 23.3 Å². The average Bonchev–Trinajstić information content (AvgIpc) is 3.29. The Morgan fingerprint density at radius 3 is 1.50 bits per heavy atom. The van der Waals surface area contributed by atoms with Crippen molar-refractivity contribution >= 4 is 53.9 Å². The Kier molecular flexibility index (Phi) is 2.28. The third-order valence-corrected chi connectivity index (χ3v) is 6.44. The van der Waals surface area contributed by atoms with Gasteiger partial charge in [-0.2, -0.15) is 0 Å². The summed E-state index contributed by atoms with van der Waals surface area (Å²) in [5.74, 6) is 0. The van der Waals surface area contributed by atoms with Crippen molar-refractivity contribution in [2.75, 3.05) is 13.3 Å². The van der Waals surface area contributed by atoms with Crippen LogP contribution in [-0.2, 0) is 0 Å². The Labute approximate surface area is 142 Å². The quantitative estimate of drug-likeness (QED) is 0.476.